The number of fused-ring (bicyclic) bond motifs is 1. The van der Waals surface area contributed by atoms with Crippen molar-refractivity contribution in [3.63, 3.8) is 0 Å². The Morgan fingerprint density at radius 2 is 1.68 bits per heavy atom. The number of carboxylic acid groups (broad SMARTS) is 1. The van der Waals surface area contributed by atoms with Crippen molar-refractivity contribution in [2.75, 3.05) is 18.6 Å². The lowest BCUT2D eigenvalue weighted by molar-refractivity contribution is -0.274. The fourth-order valence-electron chi connectivity index (χ4n) is 4.31. The zero-order valence-electron chi connectivity index (χ0n) is 19.8. The smallest absolute Gasteiger partial charge is 0.482 e. The van der Waals surface area contributed by atoms with E-state index < -0.39 is 35.3 Å². The summed E-state index contributed by atoms with van der Waals surface area (Å²) in [5, 5.41) is 20.0. The third-order valence-corrected chi connectivity index (χ3v) is 7.10. The van der Waals surface area contributed by atoms with Crippen LogP contribution < -0.4 is 14.4 Å². The number of anilines is 1. The lowest BCUT2D eigenvalue weighted by atomic mass is 9.77. The second-order valence-corrected chi connectivity index (χ2v) is 9.47. The number of benzene rings is 3. The van der Waals surface area contributed by atoms with Crippen molar-refractivity contribution in [1.82, 2.24) is 0 Å². The summed E-state index contributed by atoms with van der Waals surface area (Å²) in [7, 11) is 1.41. The quantitative estimate of drug-likeness (QED) is 0.264. The van der Waals surface area contributed by atoms with Gasteiger partial charge in [-0.2, -0.15) is 13.2 Å². The Labute approximate surface area is 224 Å². The molecule has 0 radical (unpaired) electrons. The van der Waals surface area contributed by atoms with Crippen LogP contribution in [-0.2, 0) is 10.4 Å². The third-order valence-electron chi connectivity index (χ3n) is 6.47. The van der Waals surface area contributed by atoms with Gasteiger partial charge in [-0.3, -0.25) is 4.79 Å². The maximum atomic E-state index is 14.5. The van der Waals surface area contributed by atoms with Crippen molar-refractivity contribution in [2.45, 2.75) is 24.6 Å². The molecule has 0 saturated carbocycles. The molecule has 200 valence electrons. The minimum atomic E-state index is -5.12. The van der Waals surface area contributed by atoms with E-state index in [0.29, 0.717) is 11.1 Å². The second kappa shape index (κ2) is 10.0. The van der Waals surface area contributed by atoms with E-state index in [2.05, 4.69) is 4.74 Å². The van der Waals surface area contributed by atoms with E-state index in [0.717, 1.165) is 12.1 Å². The van der Waals surface area contributed by atoms with Crippen LogP contribution in [0.15, 0.2) is 54.6 Å². The van der Waals surface area contributed by atoms with Gasteiger partial charge in [0.1, 0.15) is 5.75 Å². The summed E-state index contributed by atoms with van der Waals surface area (Å²) in [6.07, 6.45) is -6.66. The largest absolute Gasteiger partial charge is 0.511 e. The number of aliphatic hydroxyl groups is 1. The van der Waals surface area contributed by atoms with Crippen molar-refractivity contribution < 1.29 is 42.4 Å². The molecule has 7 nitrogen and oxygen atoms in total. The van der Waals surface area contributed by atoms with Crippen LogP contribution in [0.3, 0.4) is 0 Å². The number of rotatable bonds is 5. The zero-order chi connectivity index (χ0) is 28.0. The average Bonchev–Trinajstić information content (AvgIpc) is 2.85. The van der Waals surface area contributed by atoms with Gasteiger partial charge >= 0.3 is 12.3 Å². The molecule has 1 aliphatic heterocycles. The Hall–Kier alpha value is -3.47. The Bertz CT molecular complexity index is 1430. The SMILES string of the molecule is CC(c1ccc(-c2ccc(OC(=O)O)c(Cl)c2)cc1Cl)C(O)(c1ccc2c(c1)N(C)C(=O)CO2)C(F)(F)F. The molecule has 0 aliphatic carbocycles. The molecule has 0 spiro atoms. The number of carbonyl (C=O) groups excluding carboxylic acids is 1. The monoisotopic (exact) mass is 569 g/mol. The maximum Gasteiger partial charge on any atom is 0.511 e. The first-order valence-electron chi connectivity index (χ1n) is 11.1. The Balaban J connectivity index is 1.73. The molecule has 0 bridgehead atoms. The van der Waals surface area contributed by atoms with Gasteiger partial charge in [0, 0.05) is 18.0 Å². The fourth-order valence-corrected chi connectivity index (χ4v) is 4.87. The number of amides is 1. The molecule has 4 rings (SSSR count). The van der Waals surface area contributed by atoms with Crippen LogP contribution >= 0.6 is 23.2 Å². The van der Waals surface area contributed by atoms with Crippen LogP contribution in [0, 0.1) is 0 Å². The summed E-state index contributed by atoms with van der Waals surface area (Å²) in [6, 6.07) is 12.0. The first kappa shape index (κ1) is 27.6. The number of hydrogen-bond acceptors (Lipinski definition) is 5. The lowest BCUT2D eigenvalue weighted by Gasteiger charge is -2.38. The van der Waals surface area contributed by atoms with Crippen LogP contribution in [0.2, 0.25) is 10.0 Å². The highest BCUT2D eigenvalue weighted by atomic mass is 35.5. The van der Waals surface area contributed by atoms with Gasteiger partial charge < -0.3 is 24.6 Å². The topological polar surface area (TPSA) is 96.3 Å². The first-order valence-corrected chi connectivity index (χ1v) is 11.8. The number of likely N-dealkylation sites (N-methyl/N-ethyl adjacent to an activating group) is 1. The van der Waals surface area contributed by atoms with Crippen molar-refractivity contribution >= 4 is 41.0 Å². The van der Waals surface area contributed by atoms with Crippen LogP contribution in [-0.4, -0.2) is 42.1 Å². The van der Waals surface area contributed by atoms with Gasteiger partial charge in [0.05, 0.1) is 10.7 Å². The normalized spacial score (nSPS) is 15.8. The molecule has 0 aromatic heterocycles. The van der Waals surface area contributed by atoms with E-state index in [4.69, 9.17) is 33.0 Å². The summed E-state index contributed by atoms with van der Waals surface area (Å²) >= 11 is 12.5. The molecule has 0 fully saturated rings. The van der Waals surface area contributed by atoms with E-state index in [1.807, 2.05) is 0 Å². The molecular weight excluding hydrogens is 550 g/mol. The van der Waals surface area contributed by atoms with Crippen LogP contribution in [0.25, 0.3) is 11.1 Å². The van der Waals surface area contributed by atoms with E-state index in [-0.39, 0.29) is 39.4 Å². The lowest BCUT2D eigenvalue weighted by Crippen LogP contribution is -2.47. The molecule has 1 amide bonds. The van der Waals surface area contributed by atoms with E-state index in [1.54, 1.807) is 0 Å². The number of hydrogen-bond donors (Lipinski definition) is 2. The van der Waals surface area contributed by atoms with E-state index in [9.17, 15) is 27.9 Å². The highest BCUT2D eigenvalue weighted by molar-refractivity contribution is 6.32. The second-order valence-electron chi connectivity index (χ2n) is 8.66. The number of nitrogens with zero attached hydrogens (tertiary/aromatic N) is 1. The Morgan fingerprint density at radius 3 is 2.26 bits per heavy atom. The summed E-state index contributed by atoms with van der Waals surface area (Å²) in [5.41, 5.74) is -2.75. The number of alkyl halides is 3. The Kier molecular flexibility index (Phi) is 7.26. The zero-order valence-corrected chi connectivity index (χ0v) is 21.4. The average molecular weight is 570 g/mol. The van der Waals surface area contributed by atoms with Crippen molar-refractivity contribution in [3.8, 4) is 22.6 Å². The number of halogens is 5. The van der Waals surface area contributed by atoms with Crippen molar-refractivity contribution in [2.24, 2.45) is 0 Å². The first-order chi connectivity index (χ1) is 17.7. The molecule has 1 aliphatic rings. The third kappa shape index (κ3) is 4.87. The number of carbonyl (C=O) groups is 2. The molecule has 2 atom stereocenters. The molecule has 2 unspecified atom stereocenters. The molecule has 1 heterocycles. The maximum absolute atomic E-state index is 14.5. The van der Waals surface area contributed by atoms with Gasteiger partial charge in [-0.15, -0.1) is 0 Å². The fraction of sp³-hybridized carbons (Fsp3) is 0.231. The minimum absolute atomic E-state index is 0.00440. The van der Waals surface area contributed by atoms with Gasteiger partial charge in [0.2, 0.25) is 0 Å². The summed E-state index contributed by atoms with van der Waals surface area (Å²) in [4.78, 5) is 23.9. The van der Waals surface area contributed by atoms with Crippen molar-refractivity contribution in [1.29, 1.82) is 0 Å². The van der Waals surface area contributed by atoms with E-state index >= 15 is 0 Å². The highest BCUT2D eigenvalue weighted by Gasteiger charge is 2.59. The summed E-state index contributed by atoms with van der Waals surface area (Å²) in [5.74, 6) is -1.88. The summed E-state index contributed by atoms with van der Waals surface area (Å²) in [6.45, 7) is 0.958. The molecular formula is C26H20Cl2F3NO6. The minimum Gasteiger partial charge on any atom is -0.482 e. The molecule has 12 heteroatoms. The molecule has 2 N–H and O–H groups in total. The molecule has 3 aromatic carbocycles. The van der Waals surface area contributed by atoms with Gasteiger partial charge in [0.15, 0.2) is 18.0 Å². The standard InChI is InChI=1S/C26H20Cl2F3NO6/c1-13(17-6-3-14(9-18(17)27)15-4-7-21(19(28)10-15)38-24(34)35)25(36,26(29,30)31)16-5-8-22-20(11-16)32(2)23(33)12-37-22/h3-11,13,36H,12H2,1-2H3,(H,34,35). The van der Waals surface area contributed by atoms with Crippen molar-refractivity contribution in [3.05, 3.63) is 75.8 Å². The van der Waals surface area contributed by atoms with Gasteiger partial charge in [-0.1, -0.05) is 54.4 Å². The van der Waals surface area contributed by atoms with Gasteiger partial charge in [-0.25, -0.2) is 4.79 Å². The van der Waals surface area contributed by atoms with E-state index in [1.165, 1.54) is 61.3 Å². The summed E-state index contributed by atoms with van der Waals surface area (Å²) < 4.78 is 53.4. The van der Waals surface area contributed by atoms with Crippen LogP contribution in [0.1, 0.15) is 24.0 Å². The molecule has 0 saturated heterocycles. The predicted molar refractivity (Wildman–Crippen MR) is 134 cm³/mol. The molecule has 38 heavy (non-hydrogen) atoms. The van der Waals surface area contributed by atoms with Gasteiger partial charge in [0.25, 0.3) is 5.91 Å². The Morgan fingerprint density at radius 1 is 1.05 bits per heavy atom. The molecule has 3 aromatic rings. The predicted octanol–water partition coefficient (Wildman–Crippen LogP) is 6.63. The van der Waals surface area contributed by atoms with Crippen LogP contribution in [0.4, 0.5) is 23.7 Å². The van der Waals surface area contributed by atoms with Crippen LogP contribution in [0.5, 0.6) is 11.5 Å². The highest BCUT2D eigenvalue weighted by Crippen LogP contribution is 2.51. The number of ether oxygens (including phenoxy) is 2. The van der Waals surface area contributed by atoms with Gasteiger partial charge in [-0.05, 0) is 52.6 Å².